The third-order valence-corrected chi connectivity index (χ3v) is 5.97. The van der Waals surface area contributed by atoms with E-state index in [2.05, 4.69) is 13.8 Å². The molecule has 3 nitrogen and oxygen atoms in total. The van der Waals surface area contributed by atoms with Crippen molar-refractivity contribution in [1.82, 2.24) is 4.31 Å². The summed E-state index contributed by atoms with van der Waals surface area (Å²) in [4.78, 5) is -0.435. The van der Waals surface area contributed by atoms with Gasteiger partial charge >= 0.3 is 0 Å². The molecule has 0 heterocycles. The molecule has 0 unspecified atom stereocenters. The highest BCUT2D eigenvalue weighted by molar-refractivity contribution is 7.89. The third-order valence-electron chi connectivity index (χ3n) is 4.03. The Morgan fingerprint density at radius 2 is 1.42 bits per heavy atom. The van der Waals surface area contributed by atoms with Gasteiger partial charge in [-0.15, -0.1) is 0 Å². The van der Waals surface area contributed by atoms with E-state index in [0.717, 1.165) is 63.5 Å². The first-order chi connectivity index (χ1) is 11.4. The lowest BCUT2D eigenvalue weighted by atomic mass is 10.2. The van der Waals surface area contributed by atoms with Gasteiger partial charge in [-0.05, 0) is 25.0 Å². The highest BCUT2D eigenvalue weighted by Gasteiger charge is 2.27. The minimum atomic E-state index is -3.93. The molecule has 1 aromatic rings. The summed E-state index contributed by atoms with van der Waals surface area (Å²) in [6.45, 7) is 4.94. The van der Waals surface area contributed by atoms with Crippen LogP contribution in [0.3, 0.4) is 0 Å². The Morgan fingerprint density at radius 3 is 1.88 bits per heavy atom. The predicted molar refractivity (Wildman–Crippen MR) is 93.4 cm³/mol. The number of halogens is 2. The van der Waals surface area contributed by atoms with Gasteiger partial charge in [0, 0.05) is 19.2 Å². The van der Waals surface area contributed by atoms with E-state index in [1.165, 1.54) is 4.31 Å². The SMILES string of the molecule is CCCCCCN(CCCCCC)S(=O)(=O)c1ccc(F)cc1F. The van der Waals surface area contributed by atoms with Gasteiger partial charge in [0.1, 0.15) is 16.5 Å². The summed E-state index contributed by atoms with van der Waals surface area (Å²) in [6.07, 6.45) is 7.63. The Kier molecular flexibility index (Phi) is 9.44. The van der Waals surface area contributed by atoms with E-state index < -0.39 is 26.6 Å². The van der Waals surface area contributed by atoms with Gasteiger partial charge in [0.25, 0.3) is 0 Å². The average Bonchev–Trinajstić information content (AvgIpc) is 2.52. The summed E-state index contributed by atoms with van der Waals surface area (Å²) < 4.78 is 53.9. The van der Waals surface area contributed by atoms with Gasteiger partial charge in [-0.2, -0.15) is 4.31 Å². The zero-order chi connectivity index (χ0) is 18.0. The number of nitrogens with zero attached hydrogens (tertiary/aromatic N) is 1. The van der Waals surface area contributed by atoms with Crippen molar-refractivity contribution < 1.29 is 17.2 Å². The van der Waals surface area contributed by atoms with E-state index in [4.69, 9.17) is 0 Å². The number of unbranched alkanes of at least 4 members (excludes halogenated alkanes) is 6. The van der Waals surface area contributed by atoms with Crippen molar-refractivity contribution in [3.05, 3.63) is 29.8 Å². The fourth-order valence-electron chi connectivity index (χ4n) is 2.61. The summed E-state index contributed by atoms with van der Waals surface area (Å²) in [5, 5.41) is 0. The van der Waals surface area contributed by atoms with Crippen LogP contribution in [0.5, 0.6) is 0 Å². The average molecular weight is 361 g/mol. The van der Waals surface area contributed by atoms with Gasteiger partial charge in [-0.1, -0.05) is 52.4 Å². The topological polar surface area (TPSA) is 37.4 Å². The largest absolute Gasteiger partial charge is 0.245 e. The van der Waals surface area contributed by atoms with Gasteiger partial charge in [-0.25, -0.2) is 17.2 Å². The zero-order valence-electron chi connectivity index (χ0n) is 14.7. The highest BCUT2D eigenvalue weighted by Crippen LogP contribution is 2.21. The molecule has 6 heteroatoms. The maximum Gasteiger partial charge on any atom is 0.245 e. The molecule has 0 bridgehead atoms. The molecule has 0 spiro atoms. The summed E-state index contributed by atoms with van der Waals surface area (Å²) in [5.41, 5.74) is 0. The molecule has 24 heavy (non-hydrogen) atoms. The smallest absolute Gasteiger partial charge is 0.207 e. The molecule has 0 radical (unpaired) electrons. The monoisotopic (exact) mass is 361 g/mol. The Balaban J connectivity index is 2.88. The Bertz CT molecular complexity index is 579. The van der Waals surface area contributed by atoms with E-state index >= 15 is 0 Å². The van der Waals surface area contributed by atoms with Gasteiger partial charge in [0.15, 0.2) is 0 Å². The van der Waals surface area contributed by atoms with Crippen molar-refractivity contribution >= 4 is 10.0 Å². The van der Waals surface area contributed by atoms with Crippen LogP contribution in [0.25, 0.3) is 0 Å². The second-order valence-electron chi connectivity index (χ2n) is 6.10. The first kappa shape index (κ1) is 21.0. The van der Waals surface area contributed by atoms with Crippen molar-refractivity contribution in [2.75, 3.05) is 13.1 Å². The van der Waals surface area contributed by atoms with Gasteiger partial charge in [-0.3, -0.25) is 0 Å². The summed E-state index contributed by atoms with van der Waals surface area (Å²) in [6, 6.07) is 2.63. The lowest BCUT2D eigenvalue weighted by molar-refractivity contribution is 0.383. The molecule has 0 saturated carbocycles. The number of hydrogen-bond donors (Lipinski definition) is 0. The first-order valence-electron chi connectivity index (χ1n) is 8.88. The molecule has 0 fully saturated rings. The van der Waals surface area contributed by atoms with Crippen LogP contribution in [0.2, 0.25) is 0 Å². The minimum absolute atomic E-state index is 0.380. The Hall–Kier alpha value is -1.01. The maximum absolute atomic E-state index is 13.9. The normalized spacial score (nSPS) is 12.0. The van der Waals surface area contributed by atoms with Crippen LogP contribution in [0, 0.1) is 11.6 Å². The van der Waals surface area contributed by atoms with Crippen LogP contribution in [-0.2, 0) is 10.0 Å². The molecular formula is C18H29F2NO2S. The molecular weight excluding hydrogens is 332 g/mol. The molecule has 0 N–H and O–H groups in total. The fraction of sp³-hybridized carbons (Fsp3) is 0.667. The molecule has 0 aromatic heterocycles. The highest BCUT2D eigenvalue weighted by atomic mass is 32.2. The summed E-state index contributed by atoms with van der Waals surface area (Å²) in [7, 11) is -3.93. The number of hydrogen-bond acceptors (Lipinski definition) is 2. The molecule has 0 aliphatic rings. The molecule has 1 aromatic carbocycles. The van der Waals surface area contributed by atoms with Gasteiger partial charge in [0.2, 0.25) is 10.0 Å². The quantitative estimate of drug-likeness (QED) is 0.485. The number of benzene rings is 1. The first-order valence-corrected chi connectivity index (χ1v) is 10.3. The van der Waals surface area contributed by atoms with Crippen molar-refractivity contribution in [3.8, 4) is 0 Å². The summed E-state index contributed by atoms with van der Waals surface area (Å²) in [5.74, 6) is -1.80. The standard InChI is InChI=1S/C18H29F2NO2S/c1-3-5-7-9-13-21(14-10-8-6-4-2)24(22,23)18-12-11-16(19)15-17(18)20/h11-12,15H,3-10,13-14H2,1-2H3. The maximum atomic E-state index is 13.9. The van der Waals surface area contributed by atoms with Gasteiger partial charge in [0.05, 0.1) is 0 Å². The van der Waals surface area contributed by atoms with E-state index in [9.17, 15) is 17.2 Å². The number of sulfonamides is 1. The lowest BCUT2D eigenvalue weighted by Gasteiger charge is -2.22. The van der Waals surface area contributed by atoms with E-state index in [0.29, 0.717) is 19.2 Å². The zero-order valence-corrected chi connectivity index (χ0v) is 15.5. The third kappa shape index (κ3) is 6.48. The van der Waals surface area contributed by atoms with Crippen molar-refractivity contribution in [1.29, 1.82) is 0 Å². The van der Waals surface area contributed by atoms with Crippen LogP contribution >= 0.6 is 0 Å². The fourth-order valence-corrected chi connectivity index (χ4v) is 4.17. The van der Waals surface area contributed by atoms with Crippen LogP contribution < -0.4 is 0 Å². The lowest BCUT2D eigenvalue weighted by Crippen LogP contribution is -2.33. The second kappa shape index (κ2) is 10.8. The molecule has 0 saturated heterocycles. The van der Waals surface area contributed by atoms with E-state index in [1.807, 2.05) is 0 Å². The second-order valence-corrected chi connectivity index (χ2v) is 8.01. The molecule has 0 aliphatic carbocycles. The van der Waals surface area contributed by atoms with Crippen LogP contribution in [-0.4, -0.2) is 25.8 Å². The minimum Gasteiger partial charge on any atom is -0.207 e. The molecule has 138 valence electrons. The molecule has 1 rings (SSSR count). The molecule has 0 aliphatic heterocycles. The van der Waals surface area contributed by atoms with E-state index in [-0.39, 0.29) is 0 Å². The van der Waals surface area contributed by atoms with E-state index in [1.54, 1.807) is 0 Å². The predicted octanol–water partition coefficient (Wildman–Crippen LogP) is 5.12. The number of rotatable bonds is 12. The van der Waals surface area contributed by atoms with Gasteiger partial charge < -0.3 is 0 Å². The van der Waals surface area contributed by atoms with Crippen molar-refractivity contribution in [2.45, 2.75) is 70.1 Å². The van der Waals surface area contributed by atoms with Crippen LogP contribution in [0.1, 0.15) is 65.2 Å². The van der Waals surface area contributed by atoms with Crippen LogP contribution in [0.15, 0.2) is 23.1 Å². The van der Waals surface area contributed by atoms with Crippen molar-refractivity contribution in [3.63, 3.8) is 0 Å². The molecule has 0 amide bonds. The van der Waals surface area contributed by atoms with Crippen molar-refractivity contribution in [2.24, 2.45) is 0 Å². The van der Waals surface area contributed by atoms with Crippen LogP contribution in [0.4, 0.5) is 8.78 Å². The summed E-state index contributed by atoms with van der Waals surface area (Å²) >= 11 is 0. The molecule has 0 atom stereocenters. The Labute approximate surface area is 145 Å². The Morgan fingerprint density at radius 1 is 0.875 bits per heavy atom.